The summed E-state index contributed by atoms with van der Waals surface area (Å²) < 4.78 is 0. The molecule has 1 aromatic carbocycles. The summed E-state index contributed by atoms with van der Waals surface area (Å²) in [5.74, 6) is 1.98. The fraction of sp³-hybridized carbons (Fsp3) is 0.350. The Kier molecular flexibility index (Phi) is 4.46. The van der Waals surface area contributed by atoms with Crippen molar-refractivity contribution in [3.63, 3.8) is 0 Å². The Morgan fingerprint density at radius 1 is 1.16 bits per heavy atom. The number of nitrogens with one attached hydrogen (secondary N) is 2. The van der Waals surface area contributed by atoms with Gasteiger partial charge in [-0.25, -0.2) is 15.0 Å². The van der Waals surface area contributed by atoms with E-state index in [9.17, 15) is 0 Å². The van der Waals surface area contributed by atoms with Crippen molar-refractivity contribution in [1.29, 1.82) is 0 Å². The molecule has 0 unspecified atom stereocenters. The standard InChI is InChI=1S/C20H23N5/c1-14(24-20-17-6-2-3-7-18(17)22-13-23-20)8-10-16-11-9-15-5-4-12-21-19(15)25-16/h2-3,6-7,9,11,13-14H,4-5,8,10,12H2,1H3,(H,21,25)(H,22,23,24)/t14-/m0/s1. The third-order valence-corrected chi connectivity index (χ3v) is 4.71. The Morgan fingerprint density at radius 3 is 3.04 bits per heavy atom. The summed E-state index contributed by atoms with van der Waals surface area (Å²) in [6.45, 7) is 3.22. The number of para-hydroxylation sites is 1. The highest BCUT2D eigenvalue weighted by Crippen LogP contribution is 2.22. The van der Waals surface area contributed by atoms with Gasteiger partial charge in [0, 0.05) is 23.7 Å². The van der Waals surface area contributed by atoms with E-state index < -0.39 is 0 Å². The molecule has 0 amide bonds. The molecule has 3 heterocycles. The molecule has 3 aromatic rings. The third-order valence-electron chi connectivity index (χ3n) is 4.71. The second-order valence-electron chi connectivity index (χ2n) is 6.66. The van der Waals surface area contributed by atoms with E-state index in [-0.39, 0.29) is 0 Å². The topological polar surface area (TPSA) is 62.7 Å². The Labute approximate surface area is 147 Å². The monoisotopic (exact) mass is 333 g/mol. The molecule has 2 N–H and O–H groups in total. The van der Waals surface area contributed by atoms with Crippen molar-refractivity contribution < 1.29 is 0 Å². The summed E-state index contributed by atoms with van der Waals surface area (Å²) in [6.07, 6.45) is 5.90. The van der Waals surface area contributed by atoms with E-state index >= 15 is 0 Å². The molecule has 4 rings (SSSR count). The summed E-state index contributed by atoms with van der Waals surface area (Å²) in [5.41, 5.74) is 3.46. The van der Waals surface area contributed by atoms with E-state index in [1.807, 2.05) is 18.2 Å². The van der Waals surface area contributed by atoms with Crippen molar-refractivity contribution in [2.45, 2.75) is 38.6 Å². The Bertz CT molecular complexity index is 872. The number of hydrogen-bond acceptors (Lipinski definition) is 5. The molecule has 2 aromatic heterocycles. The van der Waals surface area contributed by atoms with E-state index in [1.165, 1.54) is 12.0 Å². The van der Waals surface area contributed by atoms with Crippen molar-refractivity contribution >= 4 is 22.5 Å². The predicted molar refractivity (Wildman–Crippen MR) is 102 cm³/mol. The van der Waals surface area contributed by atoms with Crippen molar-refractivity contribution in [2.75, 3.05) is 17.2 Å². The van der Waals surface area contributed by atoms with Gasteiger partial charge in [-0.15, -0.1) is 0 Å². The molecular weight excluding hydrogens is 310 g/mol. The summed E-state index contributed by atoms with van der Waals surface area (Å²) in [6, 6.07) is 12.8. The second kappa shape index (κ2) is 7.05. The van der Waals surface area contributed by atoms with Crippen LogP contribution in [-0.2, 0) is 12.8 Å². The number of fused-ring (bicyclic) bond motifs is 2. The average molecular weight is 333 g/mol. The van der Waals surface area contributed by atoms with Crippen LogP contribution in [0.4, 0.5) is 11.6 Å². The summed E-state index contributed by atoms with van der Waals surface area (Å²) >= 11 is 0. The van der Waals surface area contributed by atoms with Gasteiger partial charge in [-0.2, -0.15) is 0 Å². The highest BCUT2D eigenvalue weighted by molar-refractivity contribution is 5.88. The Balaban J connectivity index is 1.41. The molecule has 5 heteroatoms. The fourth-order valence-corrected chi connectivity index (χ4v) is 3.30. The van der Waals surface area contributed by atoms with E-state index in [4.69, 9.17) is 4.98 Å². The number of pyridine rings is 1. The fourth-order valence-electron chi connectivity index (χ4n) is 3.30. The van der Waals surface area contributed by atoms with Crippen molar-refractivity contribution in [3.8, 4) is 0 Å². The molecule has 1 atom stereocenters. The summed E-state index contributed by atoms with van der Waals surface area (Å²) in [5, 5.41) is 7.99. The van der Waals surface area contributed by atoms with E-state index in [0.717, 1.165) is 54.0 Å². The van der Waals surface area contributed by atoms with Crippen LogP contribution in [0.5, 0.6) is 0 Å². The zero-order valence-electron chi connectivity index (χ0n) is 14.5. The van der Waals surface area contributed by atoms with Crippen LogP contribution in [0, 0.1) is 0 Å². The molecule has 0 aliphatic carbocycles. The maximum Gasteiger partial charge on any atom is 0.137 e. The highest BCUT2D eigenvalue weighted by atomic mass is 15.0. The minimum absolute atomic E-state index is 0.309. The Morgan fingerprint density at radius 2 is 2.08 bits per heavy atom. The number of benzene rings is 1. The second-order valence-corrected chi connectivity index (χ2v) is 6.66. The van der Waals surface area contributed by atoms with Crippen LogP contribution < -0.4 is 10.6 Å². The van der Waals surface area contributed by atoms with Gasteiger partial charge >= 0.3 is 0 Å². The first-order valence-electron chi connectivity index (χ1n) is 8.98. The zero-order valence-corrected chi connectivity index (χ0v) is 14.5. The van der Waals surface area contributed by atoms with Gasteiger partial charge in [-0.3, -0.25) is 0 Å². The number of nitrogens with zero attached hydrogens (tertiary/aromatic N) is 3. The number of anilines is 2. The van der Waals surface area contributed by atoms with Crippen molar-refractivity contribution in [2.24, 2.45) is 0 Å². The van der Waals surface area contributed by atoms with Gasteiger partial charge in [0.25, 0.3) is 0 Å². The van der Waals surface area contributed by atoms with E-state index in [2.05, 4.69) is 45.7 Å². The van der Waals surface area contributed by atoms with E-state index in [1.54, 1.807) is 6.33 Å². The van der Waals surface area contributed by atoms with Gasteiger partial charge in [0.2, 0.25) is 0 Å². The van der Waals surface area contributed by atoms with Gasteiger partial charge in [0.15, 0.2) is 0 Å². The first-order valence-corrected chi connectivity index (χ1v) is 8.98. The van der Waals surface area contributed by atoms with Crippen LogP contribution in [-0.4, -0.2) is 27.5 Å². The maximum absolute atomic E-state index is 4.78. The van der Waals surface area contributed by atoms with Crippen molar-refractivity contribution in [3.05, 3.63) is 54.0 Å². The third kappa shape index (κ3) is 3.55. The molecule has 25 heavy (non-hydrogen) atoms. The van der Waals surface area contributed by atoms with Gasteiger partial charge < -0.3 is 10.6 Å². The normalized spacial score (nSPS) is 14.6. The number of hydrogen-bond donors (Lipinski definition) is 2. The number of aromatic nitrogens is 3. The van der Waals surface area contributed by atoms with Crippen LogP contribution in [0.15, 0.2) is 42.7 Å². The molecule has 0 fully saturated rings. The molecule has 0 bridgehead atoms. The van der Waals surface area contributed by atoms with Gasteiger partial charge in [0.1, 0.15) is 18.0 Å². The predicted octanol–water partition coefficient (Wildman–Crippen LogP) is 3.82. The zero-order chi connectivity index (χ0) is 17.1. The minimum Gasteiger partial charge on any atom is -0.370 e. The van der Waals surface area contributed by atoms with Crippen LogP contribution in [0.1, 0.15) is 31.0 Å². The maximum atomic E-state index is 4.78. The quantitative estimate of drug-likeness (QED) is 0.743. The molecule has 128 valence electrons. The smallest absolute Gasteiger partial charge is 0.137 e. The Hall–Kier alpha value is -2.69. The molecule has 0 spiro atoms. The molecule has 0 saturated carbocycles. The van der Waals surface area contributed by atoms with Crippen molar-refractivity contribution in [1.82, 2.24) is 15.0 Å². The lowest BCUT2D eigenvalue weighted by atomic mass is 10.0. The minimum atomic E-state index is 0.309. The van der Waals surface area contributed by atoms with Crippen LogP contribution in [0.2, 0.25) is 0 Å². The molecule has 1 aliphatic heterocycles. The average Bonchev–Trinajstić information content (AvgIpc) is 2.66. The molecule has 5 nitrogen and oxygen atoms in total. The van der Waals surface area contributed by atoms with Crippen LogP contribution in [0.3, 0.4) is 0 Å². The first-order chi connectivity index (χ1) is 12.3. The van der Waals surface area contributed by atoms with E-state index in [0.29, 0.717) is 6.04 Å². The summed E-state index contributed by atoms with van der Waals surface area (Å²) in [4.78, 5) is 13.5. The first kappa shape index (κ1) is 15.8. The number of aryl methyl sites for hydroxylation is 2. The van der Waals surface area contributed by atoms with Crippen LogP contribution in [0.25, 0.3) is 10.9 Å². The lowest BCUT2D eigenvalue weighted by molar-refractivity contribution is 0.691. The van der Waals surface area contributed by atoms with Gasteiger partial charge in [-0.1, -0.05) is 18.2 Å². The lowest BCUT2D eigenvalue weighted by Crippen LogP contribution is -2.18. The highest BCUT2D eigenvalue weighted by Gasteiger charge is 2.12. The molecule has 1 aliphatic rings. The SMILES string of the molecule is C[C@@H](CCc1ccc2c(n1)NCCC2)Nc1ncnc2ccccc12. The summed E-state index contributed by atoms with van der Waals surface area (Å²) in [7, 11) is 0. The molecule has 0 radical (unpaired) electrons. The van der Waals surface area contributed by atoms with Gasteiger partial charge in [-0.05, 0) is 56.4 Å². The number of rotatable bonds is 5. The largest absolute Gasteiger partial charge is 0.370 e. The molecule has 0 saturated heterocycles. The van der Waals surface area contributed by atoms with Gasteiger partial charge in [0.05, 0.1) is 5.52 Å². The molecular formula is C20H23N5. The lowest BCUT2D eigenvalue weighted by Gasteiger charge is -2.18. The van der Waals surface area contributed by atoms with Crippen LogP contribution >= 0.6 is 0 Å².